The predicted molar refractivity (Wildman–Crippen MR) is 81.1 cm³/mol. The third-order valence-corrected chi connectivity index (χ3v) is 4.47. The Labute approximate surface area is 116 Å². The van der Waals surface area contributed by atoms with E-state index < -0.39 is 0 Å². The summed E-state index contributed by atoms with van der Waals surface area (Å²) >= 11 is 0. The maximum atomic E-state index is 3.44. The molecular weight excluding hydrogens is 234 g/mol. The molecule has 0 saturated carbocycles. The van der Waals surface area contributed by atoms with E-state index in [0.717, 1.165) is 19.6 Å². The number of hydrogen-bond acceptors (Lipinski definition) is 3. The van der Waals surface area contributed by atoms with Crippen molar-refractivity contribution in [3.8, 4) is 0 Å². The Balaban J connectivity index is 1.78. The lowest BCUT2D eigenvalue weighted by atomic mass is 9.98. The van der Waals surface area contributed by atoms with Crippen LogP contribution in [0.3, 0.4) is 0 Å². The van der Waals surface area contributed by atoms with Gasteiger partial charge in [0.1, 0.15) is 0 Å². The van der Waals surface area contributed by atoms with E-state index in [2.05, 4.69) is 47.2 Å². The molecule has 104 valence electrons. The van der Waals surface area contributed by atoms with Gasteiger partial charge in [0.05, 0.1) is 0 Å². The number of rotatable bonds is 3. The highest BCUT2D eigenvalue weighted by atomic mass is 15.2. The van der Waals surface area contributed by atoms with Gasteiger partial charge in [-0.3, -0.25) is 0 Å². The van der Waals surface area contributed by atoms with Gasteiger partial charge in [-0.1, -0.05) is 17.7 Å². The molecule has 0 aliphatic carbocycles. The molecule has 1 N–H and O–H groups in total. The first-order valence-corrected chi connectivity index (χ1v) is 7.56. The van der Waals surface area contributed by atoms with E-state index in [4.69, 9.17) is 0 Å². The fourth-order valence-corrected chi connectivity index (χ4v) is 3.41. The van der Waals surface area contributed by atoms with Crippen LogP contribution in [-0.2, 0) is 0 Å². The van der Waals surface area contributed by atoms with E-state index in [0.29, 0.717) is 5.92 Å². The molecule has 1 unspecified atom stereocenters. The monoisotopic (exact) mass is 259 g/mol. The van der Waals surface area contributed by atoms with Crippen molar-refractivity contribution in [3.63, 3.8) is 0 Å². The van der Waals surface area contributed by atoms with Gasteiger partial charge in [0.15, 0.2) is 0 Å². The molecule has 0 aromatic heterocycles. The van der Waals surface area contributed by atoms with Crippen molar-refractivity contribution >= 4 is 5.69 Å². The zero-order valence-electron chi connectivity index (χ0n) is 12.2. The summed E-state index contributed by atoms with van der Waals surface area (Å²) in [5, 5.41) is 3.44. The van der Waals surface area contributed by atoms with E-state index in [1.54, 1.807) is 5.56 Å². The van der Waals surface area contributed by atoms with Gasteiger partial charge in [-0.15, -0.1) is 0 Å². The maximum absolute atomic E-state index is 3.44. The third kappa shape index (κ3) is 2.63. The van der Waals surface area contributed by atoms with Crippen LogP contribution in [0.25, 0.3) is 0 Å². The molecule has 3 rings (SSSR count). The molecule has 1 aromatic carbocycles. The van der Waals surface area contributed by atoms with E-state index in [1.807, 2.05) is 0 Å². The molecule has 0 amide bonds. The average molecular weight is 259 g/mol. The zero-order chi connectivity index (χ0) is 13.2. The number of fused-ring (bicyclic) bond motifs is 1. The molecule has 0 radical (unpaired) electrons. The molecule has 1 fully saturated rings. The van der Waals surface area contributed by atoms with Crippen LogP contribution in [0.1, 0.15) is 24.0 Å². The van der Waals surface area contributed by atoms with Crippen molar-refractivity contribution < 1.29 is 0 Å². The van der Waals surface area contributed by atoms with Gasteiger partial charge in [0, 0.05) is 57.4 Å². The molecule has 1 saturated heterocycles. The van der Waals surface area contributed by atoms with Crippen LogP contribution in [0.2, 0.25) is 0 Å². The Kier molecular flexibility index (Phi) is 3.76. The van der Waals surface area contributed by atoms with Gasteiger partial charge in [0.25, 0.3) is 0 Å². The normalized spacial score (nSPS) is 23.7. The van der Waals surface area contributed by atoms with Gasteiger partial charge in [-0.05, 0) is 25.5 Å². The lowest BCUT2D eigenvalue weighted by Gasteiger charge is -2.29. The minimum absolute atomic E-state index is 0.688. The van der Waals surface area contributed by atoms with Gasteiger partial charge in [-0.2, -0.15) is 0 Å². The summed E-state index contributed by atoms with van der Waals surface area (Å²) in [5.41, 5.74) is 4.43. The van der Waals surface area contributed by atoms with Crippen molar-refractivity contribution in [3.05, 3.63) is 29.3 Å². The standard InChI is InChI=1S/C16H25N3/c1-3-19-12-14(11-18-8-6-17-7-9-18)15-10-13(2)4-5-16(15)19/h4-5,10,14,17H,3,6-9,11-12H2,1-2H3. The third-order valence-electron chi connectivity index (χ3n) is 4.47. The summed E-state index contributed by atoms with van der Waals surface area (Å²) in [7, 11) is 0. The largest absolute Gasteiger partial charge is 0.371 e. The number of piperazine rings is 1. The quantitative estimate of drug-likeness (QED) is 0.893. The van der Waals surface area contributed by atoms with Crippen molar-refractivity contribution in [1.82, 2.24) is 10.2 Å². The summed E-state index contributed by atoms with van der Waals surface area (Å²) in [5.74, 6) is 0.688. The number of aryl methyl sites for hydroxylation is 1. The number of anilines is 1. The highest BCUT2D eigenvalue weighted by molar-refractivity contribution is 5.61. The van der Waals surface area contributed by atoms with Crippen molar-refractivity contribution in [1.29, 1.82) is 0 Å². The Morgan fingerprint density at radius 2 is 2.05 bits per heavy atom. The lowest BCUT2D eigenvalue weighted by molar-refractivity contribution is 0.229. The molecular formula is C16H25N3. The van der Waals surface area contributed by atoms with Crippen LogP contribution in [0.15, 0.2) is 18.2 Å². The minimum atomic E-state index is 0.688. The molecule has 1 aromatic rings. The second-order valence-corrected chi connectivity index (χ2v) is 5.85. The molecule has 3 heteroatoms. The summed E-state index contributed by atoms with van der Waals surface area (Å²) < 4.78 is 0. The number of nitrogens with one attached hydrogen (secondary N) is 1. The molecule has 0 spiro atoms. The first-order chi connectivity index (χ1) is 9.28. The number of benzene rings is 1. The van der Waals surface area contributed by atoms with Crippen LogP contribution < -0.4 is 10.2 Å². The van der Waals surface area contributed by atoms with Crippen LogP contribution in [0.4, 0.5) is 5.69 Å². The summed E-state index contributed by atoms with van der Waals surface area (Å²) in [6.07, 6.45) is 0. The molecule has 2 heterocycles. The lowest BCUT2D eigenvalue weighted by Crippen LogP contribution is -2.45. The predicted octanol–water partition coefficient (Wildman–Crippen LogP) is 1.82. The smallest absolute Gasteiger partial charge is 0.0403 e. The van der Waals surface area contributed by atoms with Crippen LogP contribution in [0.5, 0.6) is 0 Å². The first-order valence-electron chi connectivity index (χ1n) is 7.56. The van der Waals surface area contributed by atoms with Crippen LogP contribution in [-0.4, -0.2) is 50.7 Å². The van der Waals surface area contributed by atoms with Gasteiger partial charge in [-0.25, -0.2) is 0 Å². The summed E-state index contributed by atoms with van der Waals surface area (Å²) in [6.45, 7) is 12.7. The van der Waals surface area contributed by atoms with Crippen molar-refractivity contribution in [2.24, 2.45) is 0 Å². The van der Waals surface area contributed by atoms with Gasteiger partial charge in [0.2, 0.25) is 0 Å². The minimum Gasteiger partial charge on any atom is -0.371 e. The zero-order valence-corrected chi connectivity index (χ0v) is 12.2. The maximum Gasteiger partial charge on any atom is 0.0403 e. The van der Waals surface area contributed by atoms with E-state index in [-0.39, 0.29) is 0 Å². The Morgan fingerprint density at radius 1 is 1.26 bits per heavy atom. The Bertz CT molecular complexity index is 438. The van der Waals surface area contributed by atoms with E-state index >= 15 is 0 Å². The van der Waals surface area contributed by atoms with E-state index in [9.17, 15) is 0 Å². The summed E-state index contributed by atoms with van der Waals surface area (Å²) in [4.78, 5) is 5.15. The topological polar surface area (TPSA) is 18.5 Å². The molecule has 0 bridgehead atoms. The van der Waals surface area contributed by atoms with Crippen LogP contribution >= 0.6 is 0 Å². The summed E-state index contributed by atoms with van der Waals surface area (Å²) in [6, 6.07) is 6.96. The second-order valence-electron chi connectivity index (χ2n) is 5.85. The molecule has 1 atom stereocenters. The van der Waals surface area contributed by atoms with Gasteiger partial charge < -0.3 is 15.1 Å². The fraction of sp³-hybridized carbons (Fsp3) is 0.625. The number of hydrogen-bond donors (Lipinski definition) is 1. The number of nitrogens with zero attached hydrogens (tertiary/aromatic N) is 2. The van der Waals surface area contributed by atoms with Crippen LogP contribution in [0, 0.1) is 6.92 Å². The highest BCUT2D eigenvalue weighted by Crippen LogP contribution is 2.37. The fourth-order valence-electron chi connectivity index (χ4n) is 3.41. The van der Waals surface area contributed by atoms with Gasteiger partial charge >= 0.3 is 0 Å². The van der Waals surface area contributed by atoms with Crippen molar-refractivity contribution in [2.45, 2.75) is 19.8 Å². The Morgan fingerprint density at radius 3 is 2.79 bits per heavy atom. The van der Waals surface area contributed by atoms with E-state index in [1.165, 1.54) is 37.4 Å². The molecule has 2 aliphatic heterocycles. The average Bonchev–Trinajstić information content (AvgIpc) is 2.77. The van der Waals surface area contributed by atoms with Crippen molar-refractivity contribution in [2.75, 3.05) is 50.7 Å². The number of likely N-dealkylation sites (N-methyl/N-ethyl adjacent to an activating group) is 1. The first kappa shape index (κ1) is 12.9. The highest BCUT2D eigenvalue weighted by Gasteiger charge is 2.29. The molecule has 19 heavy (non-hydrogen) atoms. The SMILES string of the molecule is CCN1CC(CN2CCNCC2)c2cc(C)ccc21. The molecule has 3 nitrogen and oxygen atoms in total. The second kappa shape index (κ2) is 5.51. The Hall–Kier alpha value is -1.06. The molecule has 2 aliphatic rings.